The molecule has 8 heteroatoms. The minimum absolute atomic E-state index is 0.0315. The number of likely N-dealkylation sites (N-methyl/N-ethyl adjacent to an activating group) is 1. The summed E-state index contributed by atoms with van der Waals surface area (Å²) in [5.74, 6) is 0.880. The second-order valence-electron chi connectivity index (χ2n) is 10.2. The molecule has 0 atom stereocenters. The van der Waals surface area contributed by atoms with Crippen molar-refractivity contribution in [2.45, 2.75) is 38.6 Å². The molecule has 2 fully saturated rings. The summed E-state index contributed by atoms with van der Waals surface area (Å²) in [5, 5.41) is 8.75. The third kappa shape index (κ3) is 5.66. The molecule has 2 aromatic heterocycles. The van der Waals surface area contributed by atoms with Crippen molar-refractivity contribution in [2.24, 2.45) is 0 Å². The number of aromatic nitrogens is 2. The average molecular weight is 527 g/mol. The predicted molar refractivity (Wildman–Crippen MR) is 156 cm³/mol. The molecule has 2 aromatic carbocycles. The van der Waals surface area contributed by atoms with Gasteiger partial charge in [-0.05, 0) is 85.1 Å². The van der Waals surface area contributed by atoms with Crippen LogP contribution in [0.2, 0.25) is 0 Å². The molecule has 6 rings (SSSR count). The van der Waals surface area contributed by atoms with Crippen LogP contribution in [0.4, 0.5) is 17.2 Å². The Morgan fingerprint density at radius 2 is 1.74 bits per heavy atom. The number of aryl methyl sites for hydroxylation is 2. The van der Waals surface area contributed by atoms with Crippen molar-refractivity contribution in [3.63, 3.8) is 0 Å². The Kier molecular flexibility index (Phi) is 7.25. The number of amides is 1. The highest BCUT2D eigenvalue weighted by Gasteiger charge is 2.23. The molecule has 38 heavy (non-hydrogen) atoms. The van der Waals surface area contributed by atoms with E-state index in [-0.39, 0.29) is 5.91 Å². The first-order valence-electron chi connectivity index (χ1n) is 13.6. The van der Waals surface area contributed by atoms with Crippen LogP contribution < -0.4 is 15.5 Å². The lowest BCUT2D eigenvalue weighted by Gasteiger charge is -2.35. The van der Waals surface area contributed by atoms with Gasteiger partial charge in [-0.25, -0.2) is 9.97 Å². The third-order valence-electron chi connectivity index (χ3n) is 7.55. The minimum atomic E-state index is 0.0315. The summed E-state index contributed by atoms with van der Waals surface area (Å²) < 4.78 is 1.08. The molecule has 7 nitrogen and oxygen atoms in total. The van der Waals surface area contributed by atoms with Crippen LogP contribution in [0.15, 0.2) is 60.2 Å². The summed E-state index contributed by atoms with van der Waals surface area (Å²) in [7, 11) is 0. The van der Waals surface area contributed by atoms with E-state index in [0.29, 0.717) is 6.04 Å². The molecule has 4 aromatic rings. The molecule has 0 radical (unpaired) electrons. The lowest BCUT2D eigenvalue weighted by molar-refractivity contribution is 0.0951. The standard InChI is InChI=1S/C30H34N6OS/c1-2-35-15-17-36(18-16-35)26-13-11-24(12-14-26)33-29-28-27(31-20-32-29)23(19-38-28)8-5-21-3-6-22(7-4-21)30(37)34-25-9-10-25/h3-4,6-7,11-14,19-20,25H,2,5,8-10,15-18H2,1H3,(H,34,37)(H,31,32,33). The van der Waals surface area contributed by atoms with Gasteiger partial charge in [0.1, 0.15) is 6.33 Å². The summed E-state index contributed by atoms with van der Waals surface area (Å²) in [5.41, 5.74) is 6.50. The first kappa shape index (κ1) is 24.8. The number of piperazine rings is 1. The van der Waals surface area contributed by atoms with Gasteiger partial charge in [-0.15, -0.1) is 11.3 Å². The van der Waals surface area contributed by atoms with Gasteiger partial charge in [0, 0.05) is 49.2 Å². The van der Waals surface area contributed by atoms with E-state index >= 15 is 0 Å². The molecule has 0 bridgehead atoms. The SMILES string of the molecule is CCN1CCN(c2ccc(Nc3ncnc4c(CCc5ccc(C(=O)NC6CC6)cc5)csc34)cc2)CC1. The Hall–Kier alpha value is -3.49. The van der Waals surface area contributed by atoms with Crippen LogP contribution in [0.1, 0.15) is 41.3 Å². The summed E-state index contributed by atoms with van der Waals surface area (Å²) in [4.78, 5) is 26.4. The van der Waals surface area contributed by atoms with E-state index in [1.807, 2.05) is 12.1 Å². The largest absolute Gasteiger partial charge is 0.369 e. The number of carbonyl (C=O) groups is 1. The summed E-state index contributed by atoms with van der Waals surface area (Å²) in [6.07, 6.45) is 5.64. The van der Waals surface area contributed by atoms with Crippen molar-refractivity contribution in [2.75, 3.05) is 42.9 Å². The molecule has 1 aliphatic heterocycles. The number of hydrogen-bond donors (Lipinski definition) is 2. The van der Waals surface area contributed by atoms with Crippen LogP contribution in [0.3, 0.4) is 0 Å². The lowest BCUT2D eigenvalue weighted by atomic mass is 10.0. The third-order valence-corrected chi connectivity index (χ3v) is 8.58. The molecule has 0 unspecified atom stereocenters. The van der Waals surface area contributed by atoms with Gasteiger partial charge >= 0.3 is 0 Å². The van der Waals surface area contributed by atoms with E-state index < -0.39 is 0 Å². The quantitative estimate of drug-likeness (QED) is 0.310. The van der Waals surface area contributed by atoms with E-state index in [2.05, 4.69) is 79.1 Å². The summed E-state index contributed by atoms with van der Waals surface area (Å²) in [6, 6.07) is 17.0. The van der Waals surface area contributed by atoms with E-state index in [1.54, 1.807) is 17.7 Å². The van der Waals surface area contributed by atoms with Crippen molar-refractivity contribution < 1.29 is 4.79 Å². The number of hydrogen-bond acceptors (Lipinski definition) is 7. The van der Waals surface area contributed by atoms with Gasteiger partial charge in [0.2, 0.25) is 0 Å². The van der Waals surface area contributed by atoms with Crippen LogP contribution in [0.5, 0.6) is 0 Å². The smallest absolute Gasteiger partial charge is 0.251 e. The second-order valence-corrected chi connectivity index (χ2v) is 11.1. The number of nitrogens with zero attached hydrogens (tertiary/aromatic N) is 4. The molecule has 3 heterocycles. The Labute approximate surface area is 227 Å². The van der Waals surface area contributed by atoms with Crippen molar-refractivity contribution in [3.05, 3.63) is 76.9 Å². The fourth-order valence-corrected chi connectivity index (χ4v) is 5.98. The molecule has 2 N–H and O–H groups in total. The molecular formula is C30H34N6OS. The maximum atomic E-state index is 12.2. The second kappa shape index (κ2) is 11.1. The first-order chi connectivity index (χ1) is 18.7. The zero-order chi connectivity index (χ0) is 25.9. The van der Waals surface area contributed by atoms with E-state index in [9.17, 15) is 4.79 Å². The van der Waals surface area contributed by atoms with Crippen LogP contribution in [0, 0.1) is 0 Å². The van der Waals surface area contributed by atoms with Crippen molar-refractivity contribution >= 4 is 44.7 Å². The van der Waals surface area contributed by atoms with Crippen molar-refractivity contribution in [1.29, 1.82) is 0 Å². The predicted octanol–water partition coefficient (Wildman–Crippen LogP) is 5.25. The van der Waals surface area contributed by atoms with E-state index in [1.165, 1.54) is 16.8 Å². The van der Waals surface area contributed by atoms with Gasteiger partial charge in [0.05, 0.1) is 10.2 Å². The lowest BCUT2D eigenvalue weighted by Crippen LogP contribution is -2.46. The van der Waals surface area contributed by atoms with Crippen molar-refractivity contribution in [3.8, 4) is 0 Å². The highest BCUT2D eigenvalue weighted by atomic mass is 32.1. The van der Waals surface area contributed by atoms with Crippen LogP contribution in [-0.2, 0) is 12.8 Å². The van der Waals surface area contributed by atoms with E-state index in [0.717, 1.165) is 85.7 Å². The zero-order valence-electron chi connectivity index (χ0n) is 21.8. The van der Waals surface area contributed by atoms with Crippen molar-refractivity contribution in [1.82, 2.24) is 20.2 Å². The van der Waals surface area contributed by atoms with Crippen LogP contribution >= 0.6 is 11.3 Å². The van der Waals surface area contributed by atoms with Crippen LogP contribution in [-0.4, -0.2) is 59.5 Å². The molecule has 196 valence electrons. The minimum Gasteiger partial charge on any atom is -0.369 e. The molecular weight excluding hydrogens is 492 g/mol. The number of carbonyl (C=O) groups excluding carboxylic acids is 1. The number of fused-ring (bicyclic) bond motifs is 1. The topological polar surface area (TPSA) is 73.4 Å². The number of anilines is 3. The fourth-order valence-electron chi connectivity index (χ4n) is 4.98. The van der Waals surface area contributed by atoms with Gasteiger partial charge in [-0.3, -0.25) is 4.79 Å². The molecule has 1 aliphatic carbocycles. The van der Waals surface area contributed by atoms with Gasteiger partial charge in [0.15, 0.2) is 5.82 Å². The highest BCUT2D eigenvalue weighted by Crippen LogP contribution is 2.32. The maximum absolute atomic E-state index is 12.2. The Morgan fingerprint density at radius 1 is 0.974 bits per heavy atom. The number of nitrogens with one attached hydrogen (secondary N) is 2. The summed E-state index contributed by atoms with van der Waals surface area (Å²) >= 11 is 1.69. The number of rotatable bonds is 9. The van der Waals surface area contributed by atoms with Gasteiger partial charge in [-0.2, -0.15) is 0 Å². The molecule has 1 saturated heterocycles. The molecule has 0 spiro atoms. The normalized spacial score (nSPS) is 16.1. The molecule has 1 amide bonds. The summed E-state index contributed by atoms with van der Waals surface area (Å²) in [6.45, 7) is 7.75. The Balaban J connectivity index is 1.09. The number of benzene rings is 2. The monoisotopic (exact) mass is 526 g/mol. The Bertz CT molecular complexity index is 1390. The highest BCUT2D eigenvalue weighted by molar-refractivity contribution is 7.18. The maximum Gasteiger partial charge on any atom is 0.251 e. The zero-order valence-corrected chi connectivity index (χ0v) is 22.6. The molecule has 1 saturated carbocycles. The number of thiophene rings is 1. The van der Waals surface area contributed by atoms with Crippen LogP contribution in [0.25, 0.3) is 10.2 Å². The van der Waals surface area contributed by atoms with Gasteiger partial charge < -0.3 is 20.4 Å². The molecule has 2 aliphatic rings. The van der Waals surface area contributed by atoms with E-state index in [4.69, 9.17) is 0 Å². The van der Waals surface area contributed by atoms with Gasteiger partial charge in [0.25, 0.3) is 5.91 Å². The average Bonchev–Trinajstić information content (AvgIpc) is 3.68. The fraction of sp³-hybridized carbons (Fsp3) is 0.367. The Morgan fingerprint density at radius 3 is 2.45 bits per heavy atom. The van der Waals surface area contributed by atoms with Gasteiger partial charge in [-0.1, -0.05) is 19.1 Å². The first-order valence-corrected chi connectivity index (χ1v) is 14.5.